The zero-order chi connectivity index (χ0) is 15.1. The topological polar surface area (TPSA) is 63.5 Å². The minimum Gasteiger partial charge on any atom is -0.394 e. The summed E-state index contributed by atoms with van der Waals surface area (Å²) in [6, 6.07) is 12.6. The number of aliphatic hydroxyl groups is 1. The van der Waals surface area contributed by atoms with Crippen LogP contribution in [0.15, 0.2) is 48.7 Å². The van der Waals surface area contributed by atoms with Crippen molar-refractivity contribution in [2.24, 2.45) is 0 Å². The molecule has 0 radical (unpaired) electrons. The molecular formula is C16H20N2O3. The van der Waals surface area contributed by atoms with Gasteiger partial charge in [0.05, 0.1) is 19.3 Å². The van der Waals surface area contributed by atoms with Crippen LogP contribution in [0.4, 0.5) is 0 Å². The first kappa shape index (κ1) is 15.3. The van der Waals surface area contributed by atoms with Crippen LogP contribution in [0.3, 0.4) is 0 Å². The number of benzene rings is 1. The monoisotopic (exact) mass is 288 g/mol. The summed E-state index contributed by atoms with van der Waals surface area (Å²) in [7, 11) is 1.63. The van der Waals surface area contributed by atoms with Gasteiger partial charge in [-0.05, 0) is 17.7 Å². The molecule has 1 atom stereocenters. The van der Waals surface area contributed by atoms with Gasteiger partial charge in [-0.15, -0.1) is 0 Å². The number of aromatic nitrogens is 1. The third-order valence-electron chi connectivity index (χ3n) is 3.29. The van der Waals surface area contributed by atoms with E-state index in [1.165, 1.54) is 0 Å². The molecule has 0 aliphatic carbocycles. The largest absolute Gasteiger partial charge is 0.394 e. The molecule has 2 N–H and O–H groups in total. The van der Waals surface area contributed by atoms with E-state index in [1.807, 2.05) is 47.2 Å². The number of nitrogens with one attached hydrogen (secondary N) is 1. The Morgan fingerprint density at radius 2 is 2.05 bits per heavy atom. The Morgan fingerprint density at radius 1 is 1.29 bits per heavy atom. The highest BCUT2D eigenvalue weighted by molar-refractivity contribution is 5.93. The molecule has 0 fully saturated rings. The molecule has 112 valence electrons. The minimum atomic E-state index is -0.413. The van der Waals surface area contributed by atoms with E-state index >= 15 is 0 Å². The number of hydrogen-bond acceptors (Lipinski definition) is 3. The van der Waals surface area contributed by atoms with E-state index in [9.17, 15) is 9.90 Å². The quantitative estimate of drug-likeness (QED) is 0.813. The lowest BCUT2D eigenvalue weighted by atomic mass is 10.1. The Bertz CT molecular complexity index is 566. The van der Waals surface area contributed by atoms with Crippen LogP contribution in [0.25, 0.3) is 0 Å². The van der Waals surface area contributed by atoms with Gasteiger partial charge in [0.1, 0.15) is 5.69 Å². The second-order valence-electron chi connectivity index (χ2n) is 4.70. The summed E-state index contributed by atoms with van der Waals surface area (Å²) in [5.41, 5.74) is 1.43. The van der Waals surface area contributed by atoms with Gasteiger partial charge in [0.25, 0.3) is 5.91 Å². The molecule has 0 unspecified atom stereocenters. The number of nitrogens with zero attached hydrogens (tertiary/aromatic N) is 1. The number of rotatable bonds is 7. The van der Waals surface area contributed by atoms with Gasteiger partial charge in [-0.1, -0.05) is 30.3 Å². The third-order valence-corrected chi connectivity index (χ3v) is 3.29. The minimum absolute atomic E-state index is 0.144. The number of amides is 1. The van der Waals surface area contributed by atoms with Crippen LogP contribution in [0.1, 0.15) is 22.1 Å². The molecule has 21 heavy (non-hydrogen) atoms. The van der Waals surface area contributed by atoms with Gasteiger partial charge < -0.3 is 19.7 Å². The number of carbonyl (C=O) groups is 1. The van der Waals surface area contributed by atoms with Crippen LogP contribution in [-0.2, 0) is 11.3 Å². The van der Waals surface area contributed by atoms with Crippen molar-refractivity contribution in [2.45, 2.75) is 12.6 Å². The zero-order valence-electron chi connectivity index (χ0n) is 12.0. The number of aliphatic hydroxyl groups excluding tert-OH is 1. The maximum atomic E-state index is 12.3. The van der Waals surface area contributed by atoms with Crippen molar-refractivity contribution in [2.75, 3.05) is 20.3 Å². The molecule has 0 aliphatic rings. The predicted octanol–water partition coefficient (Wildman–Crippen LogP) is 1.60. The van der Waals surface area contributed by atoms with Crippen LogP contribution in [0.5, 0.6) is 0 Å². The molecule has 1 aromatic heterocycles. The Kier molecular flexibility index (Phi) is 5.54. The van der Waals surface area contributed by atoms with Crippen molar-refractivity contribution in [3.63, 3.8) is 0 Å². The highest BCUT2D eigenvalue weighted by Gasteiger charge is 2.17. The molecule has 5 heteroatoms. The third kappa shape index (κ3) is 3.93. The van der Waals surface area contributed by atoms with Crippen molar-refractivity contribution in [3.8, 4) is 0 Å². The van der Waals surface area contributed by atoms with Crippen molar-refractivity contribution in [1.29, 1.82) is 0 Å². The normalized spacial score (nSPS) is 12.1. The maximum absolute atomic E-state index is 12.3. The number of methoxy groups -OCH3 is 1. The molecule has 5 nitrogen and oxygen atoms in total. The van der Waals surface area contributed by atoms with E-state index in [-0.39, 0.29) is 12.5 Å². The first-order valence-corrected chi connectivity index (χ1v) is 6.87. The Balaban J connectivity index is 2.08. The van der Waals surface area contributed by atoms with Gasteiger partial charge >= 0.3 is 0 Å². The van der Waals surface area contributed by atoms with Crippen LogP contribution in [-0.4, -0.2) is 35.9 Å². The smallest absolute Gasteiger partial charge is 0.268 e. The van der Waals surface area contributed by atoms with E-state index in [1.54, 1.807) is 13.2 Å². The highest BCUT2D eigenvalue weighted by atomic mass is 16.5. The van der Waals surface area contributed by atoms with Crippen LogP contribution in [0, 0.1) is 0 Å². The Labute approximate surface area is 124 Å². The van der Waals surface area contributed by atoms with E-state index in [0.717, 1.165) is 5.56 Å². The van der Waals surface area contributed by atoms with Gasteiger partial charge in [-0.3, -0.25) is 4.79 Å². The van der Waals surface area contributed by atoms with Crippen LogP contribution < -0.4 is 5.32 Å². The van der Waals surface area contributed by atoms with E-state index < -0.39 is 6.04 Å². The number of ether oxygens (including phenoxy) is 1. The molecule has 0 saturated heterocycles. The molecule has 0 bridgehead atoms. The van der Waals surface area contributed by atoms with Crippen molar-refractivity contribution in [1.82, 2.24) is 9.88 Å². The Morgan fingerprint density at radius 3 is 2.71 bits per heavy atom. The average Bonchev–Trinajstić information content (AvgIpc) is 2.99. The molecule has 0 saturated carbocycles. The summed E-state index contributed by atoms with van der Waals surface area (Å²) in [6.07, 6.45) is 1.84. The zero-order valence-corrected chi connectivity index (χ0v) is 12.0. The SMILES string of the molecule is COCCn1cccc1C(=O)N[C@H](CO)c1ccccc1. The summed E-state index contributed by atoms with van der Waals surface area (Å²) < 4.78 is 6.86. The summed E-state index contributed by atoms with van der Waals surface area (Å²) >= 11 is 0. The Hall–Kier alpha value is -2.11. The van der Waals surface area contributed by atoms with Gasteiger partial charge in [-0.25, -0.2) is 0 Å². The van der Waals surface area contributed by atoms with Gasteiger partial charge in [-0.2, -0.15) is 0 Å². The number of hydrogen-bond donors (Lipinski definition) is 2. The summed E-state index contributed by atoms with van der Waals surface area (Å²) in [4.78, 5) is 12.3. The fraction of sp³-hybridized carbons (Fsp3) is 0.312. The molecule has 1 amide bonds. The maximum Gasteiger partial charge on any atom is 0.268 e. The van der Waals surface area contributed by atoms with Crippen LogP contribution in [0.2, 0.25) is 0 Å². The van der Waals surface area contributed by atoms with E-state index in [0.29, 0.717) is 18.8 Å². The van der Waals surface area contributed by atoms with E-state index in [4.69, 9.17) is 4.74 Å². The van der Waals surface area contributed by atoms with Gasteiger partial charge in [0.2, 0.25) is 0 Å². The molecule has 2 rings (SSSR count). The second kappa shape index (κ2) is 7.61. The summed E-state index contributed by atoms with van der Waals surface area (Å²) in [5.74, 6) is -0.209. The van der Waals surface area contributed by atoms with Gasteiger partial charge in [0, 0.05) is 19.9 Å². The summed E-state index contributed by atoms with van der Waals surface area (Å²) in [5, 5.41) is 12.3. The predicted molar refractivity (Wildman–Crippen MR) is 80.0 cm³/mol. The fourth-order valence-corrected chi connectivity index (χ4v) is 2.16. The number of carbonyl (C=O) groups excluding carboxylic acids is 1. The average molecular weight is 288 g/mol. The second-order valence-corrected chi connectivity index (χ2v) is 4.70. The van der Waals surface area contributed by atoms with Crippen molar-refractivity contribution < 1.29 is 14.6 Å². The molecule has 1 aromatic carbocycles. The molecule has 2 aromatic rings. The highest BCUT2D eigenvalue weighted by Crippen LogP contribution is 2.13. The lowest BCUT2D eigenvalue weighted by Gasteiger charge is -2.17. The standard InChI is InChI=1S/C16H20N2O3/c1-21-11-10-18-9-5-8-15(18)16(20)17-14(12-19)13-6-3-2-4-7-13/h2-9,14,19H,10-12H2,1H3,(H,17,20)/t14-/m1/s1. The van der Waals surface area contributed by atoms with Crippen molar-refractivity contribution in [3.05, 3.63) is 59.9 Å². The molecule has 1 heterocycles. The molecule has 0 spiro atoms. The fourth-order valence-electron chi connectivity index (χ4n) is 2.16. The van der Waals surface area contributed by atoms with Gasteiger partial charge in [0.15, 0.2) is 0 Å². The lowest BCUT2D eigenvalue weighted by Crippen LogP contribution is -2.32. The van der Waals surface area contributed by atoms with Crippen LogP contribution >= 0.6 is 0 Å². The van der Waals surface area contributed by atoms with Crippen molar-refractivity contribution >= 4 is 5.91 Å². The molecular weight excluding hydrogens is 268 g/mol. The summed E-state index contributed by atoms with van der Waals surface area (Å²) in [6.45, 7) is 1.01. The molecule has 0 aliphatic heterocycles. The van der Waals surface area contributed by atoms with E-state index in [2.05, 4.69) is 5.32 Å². The first-order valence-electron chi connectivity index (χ1n) is 6.87. The lowest BCUT2D eigenvalue weighted by molar-refractivity contribution is 0.0904. The first-order chi connectivity index (χ1) is 10.3.